The highest BCUT2D eigenvalue weighted by atomic mass is 16.3. The number of allylic oxidation sites excluding steroid dienone is 1. The summed E-state index contributed by atoms with van der Waals surface area (Å²) in [6.07, 6.45) is 8.44. The number of nitrogens with zero attached hydrogens (tertiary/aromatic N) is 1. The predicted molar refractivity (Wildman–Crippen MR) is 85.1 cm³/mol. The zero-order valence-corrected chi connectivity index (χ0v) is 13.2. The third-order valence-electron chi connectivity index (χ3n) is 3.49. The van der Waals surface area contributed by atoms with Gasteiger partial charge in [0.1, 0.15) is 0 Å². The third kappa shape index (κ3) is 13.0. The van der Waals surface area contributed by atoms with E-state index in [1.165, 1.54) is 25.7 Å². The van der Waals surface area contributed by atoms with Crippen LogP contribution in [-0.2, 0) is 0 Å². The molecule has 2 atom stereocenters. The number of aliphatic hydroxyl groups excluding tert-OH is 4. The highest BCUT2D eigenvalue weighted by molar-refractivity contribution is 4.68. The second kappa shape index (κ2) is 14.5. The average Bonchev–Trinajstić information content (AvgIpc) is 2.49. The molecule has 0 aliphatic heterocycles. The van der Waals surface area contributed by atoms with E-state index in [0.717, 1.165) is 25.8 Å². The molecule has 5 nitrogen and oxygen atoms in total. The van der Waals surface area contributed by atoms with Gasteiger partial charge >= 0.3 is 0 Å². The van der Waals surface area contributed by atoms with Gasteiger partial charge < -0.3 is 20.4 Å². The largest absolute Gasteiger partial charge is 0.394 e. The van der Waals surface area contributed by atoms with E-state index in [1.54, 1.807) is 0 Å². The molecule has 21 heavy (non-hydrogen) atoms. The Morgan fingerprint density at radius 1 is 0.810 bits per heavy atom. The van der Waals surface area contributed by atoms with Gasteiger partial charge in [0.15, 0.2) is 0 Å². The van der Waals surface area contributed by atoms with Crippen molar-refractivity contribution in [2.45, 2.75) is 57.2 Å². The summed E-state index contributed by atoms with van der Waals surface area (Å²) in [5, 5.41) is 36.8. The molecule has 0 saturated heterocycles. The Bertz CT molecular complexity index is 226. The van der Waals surface area contributed by atoms with Crippen molar-refractivity contribution in [2.75, 3.05) is 32.8 Å². The first kappa shape index (κ1) is 20.5. The summed E-state index contributed by atoms with van der Waals surface area (Å²) in [7, 11) is 0. The summed E-state index contributed by atoms with van der Waals surface area (Å²) in [5.74, 6) is 0. The number of rotatable bonds is 15. The minimum atomic E-state index is -0.796. The quantitative estimate of drug-likeness (QED) is 0.267. The fraction of sp³-hybridized carbons (Fsp3) is 0.875. The summed E-state index contributed by atoms with van der Waals surface area (Å²) in [6.45, 7) is 4.56. The maximum absolute atomic E-state index is 9.49. The predicted octanol–water partition coefficient (Wildman–Crippen LogP) is 0.911. The first-order valence-electron chi connectivity index (χ1n) is 8.05. The van der Waals surface area contributed by atoms with Crippen LogP contribution in [-0.4, -0.2) is 70.4 Å². The van der Waals surface area contributed by atoms with Crippen LogP contribution in [0.1, 0.15) is 44.9 Å². The average molecular weight is 303 g/mol. The number of aliphatic hydroxyl groups is 4. The second-order valence-corrected chi connectivity index (χ2v) is 5.63. The first-order chi connectivity index (χ1) is 10.1. The van der Waals surface area contributed by atoms with Crippen molar-refractivity contribution in [1.29, 1.82) is 0 Å². The standard InChI is InChI=1S/C16H33NO4/c1-2-3-4-5-6-7-8-9-10-17(11-15(20)13-18)12-16(21)14-19/h2,15-16,18-21H,1,3-14H2. The van der Waals surface area contributed by atoms with Gasteiger partial charge in [-0.25, -0.2) is 0 Å². The molecule has 0 fully saturated rings. The van der Waals surface area contributed by atoms with Gasteiger partial charge in [0.2, 0.25) is 0 Å². The molecule has 0 aliphatic rings. The fourth-order valence-electron chi connectivity index (χ4n) is 2.30. The molecule has 0 spiro atoms. The smallest absolute Gasteiger partial charge is 0.0897 e. The topological polar surface area (TPSA) is 84.2 Å². The lowest BCUT2D eigenvalue weighted by atomic mass is 10.1. The van der Waals surface area contributed by atoms with Gasteiger partial charge in [-0.1, -0.05) is 31.8 Å². The van der Waals surface area contributed by atoms with Gasteiger partial charge in [0.05, 0.1) is 25.4 Å². The van der Waals surface area contributed by atoms with Crippen molar-refractivity contribution in [3.8, 4) is 0 Å². The first-order valence-corrected chi connectivity index (χ1v) is 8.05. The Balaban J connectivity index is 3.76. The summed E-state index contributed by atoms with van der Waals surface area (Å²) >= 11 is 0. The van der Waals surface area contributed by atoms with Crippen molar-refractivity contribution in [2.24, 2.45) is 0 Å². The highest BCUT2D eigenvalue weighted by Gasteiger charge is 2.14. The summed E-state index contributed by atoms with van der Waals surface area (Å²) in [4.78, 5) is 1.90. The molecule has 2 unspecified atom stereocenters. The maximum atomic E-state index is 9.49. The van der Waals surface area contributed by atoms with E-state index < -0.39 is 12.2 Å². The lowest BCUT2D eigenvalue weighted by Crippen LogP contribution is -2.40. The van der Waals surface area contributed by atoms with Crippen LogP contribution < -0.4 is 0 Å². The van der Waals surface area contributed by atoms with Crippen LogP contribution in [0.3, 0.4) is 0 Å². The number of hydrogen-bond donors (Lipinski definition) is 4. The van der Waals surface area contributed by atoms with Gasteiger partial charge in [-0.2, -0.15) is 0 Å². The molecule has 0 heterocycles. The van der Waals surface area contributed by atoms with Crippen molar-refractivity contribution >= 4 is 0 Å². The molecule has 5 heteroatoms. The van der Waals surface area contributed by atoms with Gasteiger partial charge in [-0.05, 0) is 25.8 Å². The van der Waals surface area contributed by atoms with Crippen LogP contribution >= 0.6 is 0 Å². The highest BCUT2D eigenvalue weighted by Crippen LogP contribution is 2.08. The summed E-state index contributed by atoms with van der Waals surface area (Å²) in [6, 6.07) is 0. The van der Waals surface area contributed by atoms with Gasteiger partial charge in [0.25, 0.3) is 0 Å². The van der Waals surface area contributed by atoms with Crippen LogP contribution in [0.5, 0.6) is 0 Å². The van der Waals surface area contributed by atoms with E-state index in [0.29, 0.717) is 13.1 Å². The second-order valence-electron chi connectivity index (χ2n) is 5.63. The minimum Gasteiger partial charge on any atom is -0.394 e. The van der Waals surface area contributed by atoms with E-state index in [2.05, 4.69) is 6.58 Å². The molecule has 0 aromatic heterocycles. The van der Waals surface area contributed by atoms with Crippen LogP contribution in [0.4, 0.5) is 0 Å². The Hall–Kier alpha value is -0.460. The normalized spacial score (nSPS) is 14.3. The SMILES string of the molecule is C=CCCCCCCCCN(CC(O)CO)CC(O)CO. The molecule has 0 bridgehead atoms. The van der Waals surface area contributed by atoms with E-state index in [1.807, 2.05) is 11.0 Å². The summed E-state index contributed by atoms with van der Waals surface area (Å²) < 4.78 is 0. The van der Waals surface area contributed by atoms with Gasteiger partial charge in [0, 0.05) is 13.1 Å². The Morgan fingerprint density at radius 3 is 1.76 bits per heavy atom. The van der Waals surface area contributed by atoms with Crippen molar-refractivity contribution in [3.05, 3.63) is 12.7 Å². The molecule has 0 rings (SSSR count). The number of unbranched alkanes of at least 4 members (excludes halogenated alkanes) is 6. The molecular formula is C16H33NO4. The van der Waals surface area contributed by atoms with Gasteiger partial charge in [-0.15, -0.1) is 6.58 Å². The molecule has 0 aliphatic carbocycles. The van der Waals surface area contributed by atoms with Crippen molar-refractivity contribution in [3.63, 3.8) is 0 Å². The molecule has 0 aromatic carbocycles. The monoisotopic (exact) mass is 303 g/mol. The molecule has 0 radical (unpaired) electrons. The van der Waals surface area contributed by atoms with Crippen molar-refractivity contribution < 1.29 is 20.4 Å². The third-order valence-corrected chi connectivity index (χ3v) is 3.49. The molecule has 0 aromatic rings. The maximum Gasteiger partial charge on any atom is 0.0897 e. The molecule has 126 valence electrons. The fourth-order valence-corrected chi connectivity index (χ4v) is 2.30. The van der Waals surface area contributed by atoms with Gasteiger partial charge in [-0.3, -0.25) is 4.90 Å². The molecule has 0 amide bonds. The minimum absolute atomic E-state index is 0.283. The van der Waals surface area contributed by atoms with Crippen LogP contribution in [0.2, 0.25) is 0 Å². The summed E-state index contributed by atoms with van der Waals surface area (Å²) in [5.41, 5.74) is 0. The van der Waals surface area contributed by atoms with E-state index in [9.17, 15) is 10.2 Å². The van der Waals surface area contributed by atoms with Crippen LogP contribution in [0.15, 0.2) is 12.7 Å². The zero-order valence-electron chi connectivity index (χ0n) is 13.2. The van der Waals surface area contributed by atoms with Crippen LogP contribution in [0, 0.1) is 0 Å². The van der Waals surface area contributed by atoms with Crippen LogP contribution in [0.25, 0.3) is 0 Å². The Kier molecular flexibility index (Phi) is 14.2. The number of hydrogen-bond acceptors (Lipinski definition) is 5. The zero-order chi connectivity index (χ0) is 15.9. The van der Waals surface area contributed by atoms with E-state index in [-0.39, 0.29) is 13.2 Å². The lowest BCUT2D eigenvalue weighted by molar-refractivity contribution is 0.0228. The van der Waals surface area contributed by atoms with Crippen molar-refractivity contribution in [1.82, 2.24) is 4.90 Å². The molecular weight excluding hydrogens is 270 g/mol. The Morgan fingerprint density at radius 2 is 1.29 bits per heavy atom. The lowest BCUT2D eigenvalue weighted by Gasteiger charge is -2.26. The molecule has 0 saturated carbocycles. The van der Waals surface area contributed by atoms with E-state index in [4.69, 9.17) is 10.2 Å². The molecule has 4 N–H and O–H groups in total. The Labute approximate surface area is 128 Å². The van der Waals surface area contributed by atoms with E-state index >= 15 is 0 Å².